The van der Waals surface area contributed by atoms with E-state index in [4.69, 9.17) is 0 Å². The number of halogens is 1. The summed E-state index contributed by atoms with van der Waals surface area (Å²) in [4.78, 5) is 4.59. The van der Waals surface area contributed by atoms with Crippen LogP contribution in [0.4, 0.5) is 10.1 Å². The van der Waals surface area contributed by atoms with Gasteiger partial charge < -0.3 is 15.1 Å². The summed E-state index contributed by atoms with van der Waals surface area (Å²) in [6.07, 6.45) is 0. The van der Waals surface area contributed by atoms with Crippen molar-refractivity contribution in [3.05, 3.63) is 29.6 Å². The van der Waals surface area contributed by atoms with Crippen molar-refractivity contribution in [3.8, 4) is 0 Å². The maximum Gasteiger partial charge on any atom is 0.129 e. The molecule has 0 atom stereocenters. The van der Waals surface area contributed by atoms with Gasteiger partial charge in [-0.1, -0.05) is 13.0 Å². The lowest BCUT2D eigenvalue weighted by Gasteiger charge is -2.35. The van der Waals surface area contributed by atoms with Gasteiger partial charge in [0.2, 0.25) is 0 Å². The Morgan fingerprint density at radius 3 is 2.61 bits per heavy atom. The highest BCUT2D eigenvalue weighted by Crippen LogP contribution is 2.24. The molecule has 2 rings (SSSR count). The van der Waals surface area contributed by atoms with Crippen LogP contribution in [0.3, 0.4) is 0 Å². The fourth-order valence-electron chi connectivity index (χ4n) is 2.32. The first-order valence-electron chi connectivity index (χ1n) is 6.64. The van der Waals surface area contributed by atoms with Crippen molar-refractivity contribution < 1.29 is 4.39 Å². The highest BCUT2D eigenvalue weighted by molar-refractivity contribution is 5.54. The fraction of sp³-hybridized carbons (Fsp3) is 0.571. The zero-order valence-corrected chi connectivity index (χ0v) is 11.2. The molecule has 1 fully saturated rings. The zero-order chi connectivity index (χ0) is 13.0. The van der Waals surface area contributed by atoms with Crippen molar-refractivity contribution in [2.45, 2.75) is 13.5 Å². The summed E-state index contributed by atoms with van der Waals surface area (Å²) in [5.74, 6) is -0.104. The van der Waals surface area contributed by atoms with E-state index in [0.717, 1.165) is 44.0 Å². The molecular formula is C14H22FN3. The van der Waals surface area contributed by atoms with Crippen molar-refractivity contribution in [3.63, 3.8) is 0 Å². The van der Waals surface area contributed by atoms with Gasteiger partial charge in [-0.3, -0.25) is 0 Å². The first-order valence-corrected chi connectivity index (χ1v) is 6.64. The van der Waals surface area contributed by atoms with E-state index in [-0.39, 0.29) is 5.82 Å². The minimum absolute atomic E-state index is 0.104. The number of hydrogen-bond donors (Lipinski definition) is 1. The summed E-state index contributed by atoms with van der Waals surface area (Å²) in [7, 11) is 2.13. The molecule has 0 unspecified atom stereocenters. The van der Waals surface area contributed by atoms with Crippen LogP contribution in [-0.2, 0) is 6.54 Å². The van der Waals surface area contributed by atoms with Crippen LogP contribution < -0.4 is 10.2 Å². The van der Waals surface area contributed by atoms with E-state index >= 15 is 0 Å². The van der Waals surface area contributed by atoms with E-state index in [9.17, 15) is 4.39 Å². The average Bonchev–Trinajstić information content (AvgIpc) is 2.38. The van der Waals surface area contributed by atoms with Crippen LogP contribution in [0.15, 0.2) is 18.2 Å². The second kappa shape index (κ2) is 6.16. The van der Waals surface area contributed by atoms with Gasteiger partial charge in [0, 0.05) is 44.0 Å². The molecule has 0 spiro atoms. The first-order chi connectivity index (χ1) is 8.72. The molecule has 1 aliphatic rings. The lowest BCUT2D eigenvalue weighted by Crippen LogP contribution is -2.45. The quantitative estimate of drug-likeness (QED) is 0.878. The van der Waals surface area contributed by atoms with Crippen molar-refractivity contribution in [1.82, 2.24) is 10.2 Å². The maximum absolute atomic E-state index is 13.9. The van der Waals surface area contributed by atoms with Crippen LogP contribution in [0.5, 0.6) is 0 Å². The van der Waals surface area contributed by atoms with Crippen LogP contribution in [0.2, 0.25) is 0 Å². The lowest BCUT2D eigenvalue weighted by molar-refractivity contribution is 0.312. The van der Waals surface area contributed by atoms with E-state index in [1.807, 2.05) is 13.0 Å². The highest BCUT2D eigenvalue weighted by Gasteiger charge is 2.18. The summed E-state index contributed by atoms with van der Waals surface area (Å²) >= 11 is 0. The van der Waals surface area contributed by atoms with Crippen LogP contribution in [0.25, 0.3) is 0 Å². The molecule has 18 heavy (non-hydrogen) atoms. The molecule has 0 radical (unpaired) electrons. The third-order valence-corrected chi connectivity index (χ3v) is 3.49. The molecular weight excluding hydrogens is 229 g/mol. The summed E-state index contributed by atoms with van der Waals surface area (Å²) < 4.78 is 13.9. The standard InChI is InChI=1S/C14H22FN3/c1-3-16-11-12-13(15)5-4-6-14(12)18-9-7-17(2)8-10-18/h4-6,16H,3,7-11H2,1-2H3. The second-order valence-electron chi connectivity index (χ2n) is 4.81. The topological polar surface area (TPSA) is 18.5 Å². The molecule has 1 saturated heterocycles. The predicted molar refractivity (Wildman–Crippen MR) is 73.5 cm³/mol. The van der Waals surface area contributed by atoms with Crippen molar-refractivity contribution in [1.29, 1.82) is 0 Å². The molecule has 100 valence electrons. The molecule has 1 heterocycles. The Labute approximate surface area is 109 Å². The molecule has 1 aromatic rings. The van der Waals surface area contributed by atoms with Gasteiger partial charge in [0.1, 0.15) is 5.82 Å². The highest BCUT2D eigenvalue weighted by atomic mass is 19.1. The Morgan fingerprint density at radius 2 is 1.94 bits per heavy atom. The molecule has 1 N–H and O–H groups in total. The van der Waals surface area contributed by atoms with E-state index in [2.05, 4.69) is 22.2 Å². The largest absolute Gasteiger partial charge is 0.369 e. The number of likely N-dealkylation sites (N-methyl/N-ethyl adjacent to an activating group) is 1. The van der Waals surface area contributed by atoms with Gasteiger partial charge in [-0.05, 0) is 25.7 Å². The van der Waals surface area contributed by atoms with E-state index in [1.165, 1.54) is 0 Å². The Hall–Kier alpha value is -1.13. The number of benzene rings is 1. The zero-order valence-electron chi connectivity index (χ0n) is 11.2. The molecule has 0 bridgehead atoms. The molecule has 0 aliphatic carbocycles. The van der Waals surface area contributed by atoms with Crippen molar-refractivity contribution in [2.75, 3.05) is 44.7 Å². The Kier molecular flexibility index (Phi) is 4.55. The van der Waals surface area contributed by atoms with Crippen LogP contribution in [0.1, 0.15) is 12.5 Å². The summed E-state index contributed by atoms with van der Waals surface area (Å²) in [6, 6.07) is 5.38. The van der Waals surface area contributed by atoms with Crippen LogP contribution in [-0.4, -0.2) is 44.7 Å². The van der Waals surface area contributed by atoms with Crippen molar-refractivity contribution in [2.24, 2.45) is 0 Å². The van der Waals surface area contributed by atoms with Crippen molar-refractivity contribution >= 4 is 5.69 Å². The Balaban J connectivity index is 2.18. The summed E-state index contributed by atoms with van der Waals surface area (Å²) in [5.41, 5.74) is 1.84. The number of rotatable bonds is 4. The minimum Gasteiger partial charge on any atom is -0.369 e. The molecule has 1 aromatic carbocycles. The average molecular weight is 251 g/mol. The Morgan fingerprint density at radius 1 is 1.22 bits per heavy atom. The van der Waals surface area contributed by atoms with E-state index < -0.39 is 0 Å². The first kappa shape index (κ1) is 13.3. The van der Waals surface area contributed by atoms with E-state index in [1.54, 1.807) is 12.1 Å². The smallest absolute Gasteiger partial charge is 0.129 e. The van der Waals surface area contributed by atoms with Gasteiger partial charge in [0.25, 0.3) is 0 Å². The molecule has 4 heteroatoms. The van der Waals surface area contributed by atoms with Crippen LogP contribution >= 0.6 is 0 Å². The Bertz CT molecular complexity index is 387. The van der Waals surface area contributed by atoms with E-state index in [0.29, 0.717) is 6.54 Å². The summed E-state index contributed by atoms with van der Waals surface area (Å²) in [5, 5.41) is 3.22. The fourth-order valence-corrected chi connectivity index (χ4v) is 2.32. The SMILES string of the molecule is CCNCc1c(F)cccc1N1CCN(C)CC1. The predicted octanol–water partition coefficient (Wildman–Crippen LogP) is 1.69. The third kappa shape index (κ3) is 3.00. The van der Waals surface area contributed by atoms with Gasteiger partial charge in [-0.15, -0.1) is 0 Å². The maximum atomic E-state index is 13.9. The molecule has 0 aromatic heterocycles. The molecule has 0 saturated carbocycles. The van der Waals surface area contributed by atoms with Crippen LogP contribution in [0, 0.1) is 5.82 Å². The molecule has 0 amide bonds. The lowest BCUT2D eigenvalue weighted by atomic mass is 10.1. The number of hydrogen-bond acceptors (Lipinski definition) is 3. The van der Waals surface area contributed by atoms with Gasteiger partial charge >= 0.3 is 0 Å². The number of anilines is 1. The van der Waals surface area contributed by atoms with Gasteiger partial charge in [-0.25, -0.2) is 4.39 Å². The summed E-state index contributed by atoms with van der Waals surface area (Å²) in [6.45, 7) is 7.52. The number of nitrogens with one attached hydrogen (secondary N) is 1. The van der Waals surface area contributed by atoms with Gasteiger partial charge in [0.05, 0.1) is 0 Å². The van der Waals surface area contributed by atoms with Gasteiger partial charge in [0.15, 0.2) is 0 Å². The normalized spacial score (nSPS) is 17.2. The minimum atomic E-state index is -0.104. The third-order valence-electron chi connectivity index (χ3n) is 3.49. The monoisotopic (exact) mass is 251 g/mol. The van der Waals surface area contributed by atoms with Gasteiger partial charge in [-0.2, -0.15) is 0 Å². The number of nitrogens with zero attached hydrogens (tertiary/aromatic N) is 2. The second-order valence-corrected chi connectivity index (χ2v) is 4.81. The number of piperazine rings is 1. The molecule has 1 aliphatic heterocycles. The molecule has 3 nitrogen and oxygen atoms in total.